The van der Waals surface area contributed by atoms with Gasteiger partial charge in [0.15, 0.2) is 5.69 Å². The molecule has 0 spiro atoms. The number of rotatable bonds is 4. The van der Waals surface area contributed by atoms with Gasteiger partial charge in [-0.15, -0.1) is 23.7 Å². The molecule has 0 bridgehead atoms. The Morgan fingerprint density at radius 3 is 2.80 bits per heavy atom. The van der Waals surface area contributed by atoms with E-state index < -0.39 is 5.97 Å². The van der Waals surface area contributed by atoms with Crippen molar-refractivity contribution in [3.05, 3.63) is 34.0 Å². The summed E-state index contributed by atoms with van der Waals surface area (Å²) in [6.07, 6.45) is 2.48. The van der Waals surface area contributed by atoms with Crippen molar-refractivity contribution in [2.24, 2.45) is 7.05 Å². The molecule has 0 saturated carbocycles. The van der Waals surface area contributed by atoms with E-state index in [1.807, 2.05) is 0 Å². The first-order valence-electron chi connectivity index (χ1n) is 7.79. The second-order valence-electron chi connectivity index (χ2n) is 5.65. The van der Waals surface area contributed by atoms with E-state index in [9.17, 15) is 9.59 Å². The monoisotopic (exact) mass is 384 g/mol. The molecule has 0 radical (unpaired) electrons. The van der Waals surface area contributed by atoms with Gasteiger partial charge in [0.2, 0.25) is 0 Å². The average Bonchev–Trinajstić information content (AvgIpc) is 3.16. The highest BCUT2D eigenvalue weighted by Crippen LogP contribution is 2.37. The van der Waals surface area contributed by atoms with E-state index in [4.69, 9.17) is 4.74 Å². The van der Waals surface area contributed by atoms with E-state index in [0.29, 0.717) is 16.3 Å². The van der Waals surface area contributed by atoms with Gasteiger partial charge in [0.1, 0.15) is 5.00 Å². The van der Waals surface area contributed by atoms with Gasteiger partial charge in [0, 0.05) is 31.2 Å². The van der Waals surface area contributed by atoms with Crippen LogP contribution in [0.5, 0.6) is 0 Å². The van der Waals surface area contributed by atoms with E-state index in [1.54, 1.807) is 24.0 Å². The molecule has 0 atom stereocenters. The Morgan fingerprint density at radius 2 is 2.20 bits per heavy atom. The summed E-state index contributed by atoms with van der Waals surface area (Å²) in [5.41, 5.74) is 1.79. The number of amides is 1. The van der Waals surface area contributed by atoms with Crippen LogP contribution in [0, 0.1) is 0 Å². The maximum Gasteiger partial charge on any atom is 0.341 e. The van der Waals surface area contributed by atoms with Gasteiger partial charge >= 0.3 is 5.97 Å². The number of esters is 1. The molecule has 25 heavy (non-hydrogen) atoms. The molecule has 0 fully saturated rings. The number of hydrogen-bond donors (Lipinski definition) is 1. The maximum atomic E-state index is 12.4. The first kappa shape index (κ1) is 19.4. The SMILES string of the molecule is CCN1CCc2c(sc(NC(=O)c3ccn(C)n3)c2C(=O)OC)C1.Cl. The van der Waals surface area contributed by atoms with Crippen molar-refractivity contribution >= 4 is 40.6 Å². The van der Waals surface area contributed by atoms with Crippen molar-refractivity contribution in [2.75, 3.05) is 25.5 Å². The van der Waals surface area contributed by atoms with Gasteiger partial charge in [0.05, 0.1) is 12.7 Å². The fourth-order valence-corrected chi connectivity index (χ4v) is 4.11. The minimum Gasteiger partial charge on any atom is -0.465 e. The topological polar surface area (TPSA) is 76.5 Å². The van der Waals surface area contributed by atoms with E-state index in [0.717, 1.165) is 36.5 Å². The molecule has 0 saturated heterocycles. The molecule has 2 aromatic rings. The van der Waals surface area contributed by atoms with E-state index in [1.165, 1.54) is 18.4 Å². The van der Waals surface area contributed by atoms with E-state index in [-0.39, 0.29) is 18.3 Å². The number of carbonyl (C=O) groups excluding carboxylic acids is 2. The summed E-state index contributed by atoms with van der Waals surface area (Å²) in [5.74, 6) is -0.736. The van der Waals surface area contributed by atoms with Crippen molar-refractivity contribution in [2.45, 2.75) is 19.9 Å². The van der Waals surface area contributed by atoms with Crippen molar-refractivity contribution in [1.29, 1.82) is 0 Å². The number of thiophene rings is 1. The summed E-state index contributed by atoms with van der Waals surface area (Å²) >= 11 is 1.45. The summed E-state index contributed by atoms with van der Waals surface area (Å²) < 4.78 is 6.49. The molecule has 3 rings (SSSR count). The van der Waals surface area contributed by atoms with Crippen LogP contribution in [0.3, 0.4) is 0 Å². The van der Waals surface area contributed by atoms with Gasteiger partial charge in [-0.2, -0.15) is 5.10 Å². The number of ether oxygens (including phenoxy) is 1. The second kappa shape index (κ2) is 7.99. The average molecular weight is 385 g/mol. The van der Waals surface area contributed by atoms with Crippen LogP contribution in [0.2, 0.25) is 0 Å². The Balaban J connectivity index is 0.00000225. The number of likely N-dealkylation sites (N-methyl/N-ethyl adjacent to an activating group) is 1. The molecule has 0 aliphatic carbocycles. The fourth-order valence-electron chi connectivity index (χ4n) is 2.84. The molecule has 1 N–H and O–H groups in total. The Morgan fingerprint density at radius 1 is 1.44 bits per heavy atom. The smallest absolute Gasteiger partial charge is 0.341 e. The number of fused-ring (bicyclic) bond motifs is 1. The number of methoxy groups -OCH3 is 1. The first-order valence-corrected chi connectivity index (χ1v) is 8.61. The number of nitrogens with zero attached hydrogens (tertiary/aromatic N) is 3. The Bertz CT molecular complexity index is 786. The quantitative estimate of drug-likeness (QED) is 0.818. The summed E-state index contributed by atoms with van der Waals surface area (Å²) in [7, 11) is 3.11. The van der Waals surface area contributed by atoms with Crippen LogP contribution in [0.15, 0.2) is 12.3 Å². The van der Waals surface area contributed by atoms with Crippen LogP contribution in [-0.2, 0) is 24.8 Å². The minimum absolute atomic E-state index is 0. The number of anilines is 1. The highest BCUT2D eigenvalue weighted by Gasteiger charge is 2.29. The zero-order valence-corrected chi connectivity index (χ0v) is 16.0. The minimum atomic E-state index is -0.409. The number of aromatic nitrogens is 2. The second-order valence-corrected chi connectivity index (χ2v) is 6.75. The largest absolute Gasteiger partial charge is 0.465 e. The number of carbonyl (C=O) groups is 2. The van der Waals surface area contributed by atoms with Crippen LogP contribution in [0.4, 0.5) is 5.00 Å². The summed E-state index contributed by atoms with van der Waals surface area (Å²) in [4.78, 5) is 28.0. The molecule has 7 nitrogen and oxygen atoms in total. The van der Waals surface area contributed by atoms with Gasteiger partial charge in [0.25, 0.3) is 5.91 Å². The van der Waals surface area contributed by atoms with Gasteiger partial charge in [-0.3, -0.25) is 14.4 Å². The van der Waals surface area contributed by atoms with Gasteiger partial charge < -0.3 is 10.1 Å². The van der Waals surface area contributed by atoms with Gasteiger partial charge in [-0.25, -0.2) is 4.79 Å². The molecule has 1 aliphatic heterocycles. The molecule has 3 heterocycles. The van der Waals surface area contributed by atoms with Crippen LogP contribution >= 0.6 is 23.7 Å². The van der Waals surface area contributed by atoms with Gasteiger partial charge in [-0.05, 0) is 24.6 Å². The lowest BCUT2D eigenvalue weighted by Gasteiger charge is -2.25. The molecule has 2 aromatic heterocycles. The lowest BCUT2D eigenvalue weighted by Crippen LogP contribution is -2.29. The summed E-state index contributed by atoms with van der Waals surface area (Å²) in [5, 5.41) is 7.47. The molecular formula is C16H21ClN4O3S. The molecule has 1 aliphatic rings. The zero-order chi connectivity index (χ0) is 17.3. The third-order valence-corrected chi connectivity index (χ3v) is 5.28. The van der Waals surface area contributed by atoms with Gasteiger partial charge in [-0.1, -0.05) is 6.92 Å². The van der Waals surface area contributed by atoms with Crippen molar-refractivity contribution in [1.82, 2.24) is 14.7 Å². The molecule has 1 amide bonds. The van der Waals surface area contributed by atoms with E-state index in [2.05, 4.69) is 22.2 Å². The van der Waals surface area contributed by atoms with Crippen molar-refractivity contribution in [3.63, 3.8) is 0 Å². The Hall–Kier alpha value is -1.90. The van der Waals surface area contributed by atoms with Crippen molar-refractivity contribution < 1.29 is 14.3 Å². The third kappa shape index (κ3) is 3.86. The Labute approximate surface area is 156 Å². The van der Waals surface area contributed by atoms with Crippen LogP contribution in [-0.4, -0.2) is 46.8 Å². The number of nitrogens with one attached hydrogen (secondary N) is 1. The standard InChI is InChI=1S/C16H20N4O3S.ClH/c1-4-20-8-5-10-12(9-20)24-15(13(10)16(22)23-3)17-14(21)11-6-7-19(2)18-11;/h6-7H,4-5,8-9H2,1-3H3,(H,17,21);1H. The summed E-state index contributed by atoms with van der Waals surface area (Å²) in [6, 6.07) is 1.64. The predicted octanol–water partition coefficient (Wildman–Crippen LogP) is 2.32. The number of halogens is 1. The van der Waals surface area contributed by atoms with Crippen LogP contribution in [0.1, 0.15) is 38.2 Å². The molecular weight excluding hydrogens is 364 g/mol. The first-order chi connectivity index (χ1) is 11.5. The van der Waals surface area contributed by atoms with Crippen LogP contribution < -0.4 is 5.32 Å². The molecule has 0 unspecified atom stereocenters. The zero-order valence-electron chi connectivity index (χ0n) is 14.4. The lowest BCUT2D eigenvalue weighted by molar-refractivity contribution is 0.0600. The van der Waals surface area contributed by atoms with Crippen LogP contribution in [0.25, 0.3) is 0 Å². The number of hydrogen-bond acceptors (Lipinski definition) is 6. The van der Waals surface area contributed by atoms with E-state index >= 15 is 0 Å². The summed E-state index contributed by atoms with van der Waals surface area (Å²) in [6.45, 7) is 4.77. The molecule has 0 aromatic carbocycles. The van der Waals surface area contributed by atoms with Crippen molar-refractivity contribution in [3.8, 4) is 0 Å². The number of aryl methyl sites for hydroxylation is 1. The fraction of sp³-hybridized carbons (Fsp3) is 0.438. The highest BCUT2D eigenvalue weighted by molar-refractivity contribution is 7.17. The lowest BCUT2D eigenvalue weighted by atomic mass is 10.0. The Kier molecular flexibility index (Phi) is 6.21. The third-order valence-electron chi connectivity index (χ3n) is 4.15. The highest BCUT2D eigenvalue weighted by atomic mass is 35.5. The maximum absolute atomic E-state index is 12.4. The molecule has 9 heteroatoms. The normalized spacial score (nSPS) is 13.7. The molecule has 136 valence electrons. The predicted molar refractivity (Wildman–Crippen MR) is 98.7 cm³/mol.